The summed E-state index contributed by atoms with van der Waals surface area (Å²) in [6, 6.07) is 9.60. The molecule has 0 radical (unpaired) electrons. The molecule has 0 fully saturated rings. The van der Waals surface area contributed by atoms with Crippen molar-refractivity contribution in [2.24, 2.45) is 0 Å². The fraction of sp³-hybridized carbons (Fsp3) is 0.200. The minimum atomic E-state index is -1.14. The lowest BCUT2D eigenvalue weighted by atomic mass is 9.86. The van der Waals surface area contributed by atoms with Gasteiger partial charge >= 0.3 is 0 Å². The second-order valence-corrected chi connectivity index (χ2v) is 8.33. The highest BCUT2D eigenvalue weighted by atomic mass is 35.5. The number of nitrogens with one attached hydrogen (secondary N) is 1. The largest absolute Gasteiger partial charge is 0.298 e. The van der Waals surface area contributed by atoms with E-state index >= 15 is 0 Å². The first-order valence-corrected chi connectivity index (χ1v) is 9.43. The van der Waals surface area contributed by atoms with Gasteiger partial charge in [0, 0.05) is 10.9 Å². The van der Waals surface area contributed by atoms with Crippen molar-refractivity contribution >= 4 is 34.0 Å². The lowest BCUT2D eigenvalue weighted by Gasteiger charge is -2.18. The van der Waals surface area contributed by atoms with E-state index in [0.717, 1.165) is 17.7 Å². The van der Waals surface area contributed by atoms with E-state index in [1.165, 1.54) is 16.9 Å². The number of anilines is 1. The van der Waals surface area contributed by atoms with Gasteiger partial charge in [0.1, 0.15) is 0 Å². The summed E-state index contributed by atoms with van der Waals surface area (Å²) in [7, 11) is 0. The Bertz CT molecular complexity index is 994. The number of carbonyl (C=O) groups is 1. The summed E-state index contributed by atoms with van der Waals surface area (Å²) in [5.74, 6) is -2.89. The number of hydrogen-bond donors (Lipinski definition) is 1. The number of amides is 1. The highest BCUT2D eigenvalue weighted by molar-refractivity contribution is 7.14. The molecule has 3 rings (SSSR count). The van der Waals surface area contributed by atoms with Gasteiger partial charge in [-0.2, -0.15) is 0 Å². The lowest BCUT2D eigenvalue weighted by molar-refractivity contribution is 0.102. The number of benzene rings is 2. The zero-order chi connectivity index (χ0) is 19.8. The molecule has 7 heteroatoms. The molecule has 140 valence electrons. The lowest BCUT2D eigenvalue weighted by Crippen LogP contribution is -2.13. The van der Waals surface area contributed by atoms with Gasteiger partial charge in [-0.1, -0.05) is 56.6 Å². The summed E-state index contributed by atoms with van der Waals surface area (Å²) < 4.78 is 26.5. The zero-order valence-electron chi connectivity index (χ0n) is 14.9. The highest BCUT2D eigenvalue weighted by Gasteiger charge is 2.17. The zero-order valence-corrected chi connectivity index (χ0v) is 16.5. The first-order chi connectivity index (χ1) is 12.6. The van der Waals surface area contributed by atoms with E-state index in [1.54, 1.807) is 0 Å². The van der Waals surface area contributed by atoms with E-state index in [-0.39, 0.29) is 16.0 Å². The summed E-state index contributed by atoms with van der Waals surface area (Å²) in [5.41, 5.74) is 2.76. The second kappa shape index (κ2) is 7.37. The molecule has 3 aromatic rings. The maximum Gasteiger partial charge on any atom is 0.259 e. The van der Waals surface area contributed by atoms with Gasteiger partial charge in [0.2, 0.25) is 0 Å². The minimum absolute atomic E-state index is 0.0590. The molecule has 3 nitrogen and oxygen atoms in total. The number of carbonyl (C=O) groups excluding carboxylic acids is 1. The molecule has 0 aliphatic heterocycles. The van der Waals surface area contributed by atoms with Crippen LogP contribution in [0.5, 0.6) is 0 Å². The minimum Gasteiger partial charge on any atom is -0.298 e. The maximum absolute atomic E-state index is 13.4. The van der Waals surface area contributed by atoms with Crippen LogP contribution in [0.4, 0.5) is 13.9 Å². The Morgan fingerprint density at radius 1 is 1.11 bits per heavy atom. The van der Waals surface area contributed by atoms with E-state index in [0.29, 0.717) is 10.8 Å². The first-order valence-electron chi connectivity index (χ1n) is 8.17. The standard InChI is InChI=1S/C20H17ClF2N2OS/c1-20(2,3)12-6-4-11(5-7-12)17-10-27-19(24-17)25-18(26)13-8-15(22)16(23)9-14(13)21/h4-10H,1-3H3,(H,24,25,26). The van der Waals surface area contributed by atoms with Crippen LogP contribution in [0, 0.1) is 11.6 Å². The third kappa shape index (κ3) is 4.34. The number of hydrogen-bond acceptors (Lipinski definition) is 3. The average Bonchev–Trinajstić information content (AvgIpc) is 3.06. The maximum atomic E-state index is 13.4. The fourth-order valence-corrected chi connectivity index (χ4v) is 3.42. The van der Waals surface area contributed by atoms with E-state index < -0.39 is 17.5 Å². The van der Waals surface area contributed by atoms with Crippen molar-refractivity contribution in [3.63, 3.8) is 0 Å². The Hall–Kier alpha value is -2.31. The molecule has 1 heterocycles. The Labute approximate surface area is 165 Å². The molecule has 1 aromatic heterocycles. The summed E-state index contributed by atoms with van der Waals surface area (Å²) in [4.78, 5) is 16.7. The van der Waals surface area contributed by atoms with Gasteiger partial charge in [-0.15, -0.1) is 11.3 Å². The van der Waals surface area contributed by atoms with Gasteiger partial charge in [-0.05, 0) is 23.1 Å². The second-order valence-electron chi connectivity index (χ2n) is 7.07. The van der Waals surface area contributed by atoms with Crippen LogP contribution in [0.15, 0.2) is 41.8 Å². The molecular formula is C20H17ClF2N2OS. The molecule has 27 heavy (non-hydrogen) atoms. The van der Waals surface area contributed by atoms with Crippen molar-refractivity contribution in [2.45, 2.75) is 26.2 Å². The molecular weight excluding hydrogens is 390 g/mol. The van der Waals surface area contributed by atoms with Crippen molar-refractivity contribution < 1.29 is 13.6 Å². The summed E-state index contributed by atoms with van der Waals surface area (Å²) in [5, 5.41) is 4.56. The third-order valence-electron chi connectivity index (χ3n) is 4.03. The van der Waals surface area contributed by atoms with Crippen LogP contribution in [0.1, 0.15) is 36.7 Å². The number of rotatable bonds is 3. The van der Waals surface area contributed by atoms with E-state index in [1.807, 2.05) is 29.6 Å². The number of thiazole rings is 1. The molecule has 0 spiro atoms. The predicted octanol–water partition coefficient (Wildman–Crippen LogP) is 6.29. The molecule has 1 N–H and O–H groups in total. The average molecular weight is 407 g/mol. The van der Waals surface area contributed by atoms with Gasteiger partial charge in [-0.3, -0.25) is 10.1 Å². The van der Waals surface area contributed by atoms with Crippen LogP contribution in [0.2, 0.25) is 5.02 Å². The van der Waals surface area contributed by atoms with Gasteiger partial charge in [0.25, 0.3) is 5.91 Å². The summed E-state index contributed by atoms with van der Waals surface area (Å²) >= 11 is 7.07. The Kier molecular flexibility index (Phi) is 5.31. The number of nitrogens with zero attached hydrogens (tertiary/aromatic N) is 1. The Morgan fingerprint density at radius 2 is 1.74 bits per heavy atom. The van der Waals surface area contributed by atoms with Crippen molar-refractivity contribution in [1.82, 2.24) is 4.98 Å². The van der Waals surface area contributed by atoms with Crippen LogP contribution < -0.4 is 5.32 Å². The van der Waals surface area contributed by atoms with Crippen LogP contribution in [-0.2, 0) is 5.41 Å². The SMILES string of the molecule is CC(C)(C)c1ccc(-c2csc(NC(=O)c3cc(F)c(F)cc3Cl)n2)cc1. The Balaban J connectivity index is 1.78. The van der Waals surface area contributed by atoms with Gasteiger partial charge in [0.05, 0.1) is 16.3 Å². The van der Waals surface area contributed by atoms with Crippen LogP contribution in [0.25, 0.3) is 11.3 Å². The van der Waals surface area contributed by atoms with E-state index in [9.17, 15) is 13.6 Å². The van der Waals surface area contributed by atoms with Crippen molar-refractivity contribution in [2.75, 3.05) is 5.32 Å². The summed E-state index contributed by atoms with van der Waals surface area (Å²) in [6.45, 7) is 6.42. The van der Waals surface area contributed by atoms with Gasteiger partial charge in [0.15, 0.2) is 16.8 Å². The van der Waals surface area contributed by atoms with Crippen LogP contribution in [0.3, 0.4) is 0 Å². The quantitative estimate of drug-likeness (QED) is 0.519. The molecule has 0 saturated heterocycles. The topological polar surface area (TPSA) is 42.0 Å². The number of aromatic nitrogens is 1. The van der Waals surface area contributed by atoms with Gasteiger partial charge < -0.3 is 0 Å². The Morgan fingerprint density at radius 3 is 2.37 bits per heavy atom. The van der Waals surface area contributed by atoms with Gasteiger partial charge in [-0.25, -0.2) is 13.8 Å². The number of halogens is 3. The molecule has 2 aromatic carbocycles. The van der Waals surface area contributed by atoms with Crippen molar-refractivity contribution in [1.29, 1.82) is 0 Å². The monoisotopic (exact) mass is 406 g/mol. The molecule has 0 bridgehead atoms. The molecule has 0 aliphatic carbocycles. The normalized spacial score (nSPS) is 11.5. The molecule has 0 aliphatic rings. The smallest absolute Gasteiger partial charge is 0.259 e. The highest BCUT2D eigenvalue weighted by Crippen LogP contribution is 2.29. The molecule has 0 unspecified atom stereocenters. The summed E-state index contributed by atoms with van der Waals surface area (Å²) in [6.07, 6.45) is 0. The van der Waals surface area contributed by atoms with Crippen LogP contribution in [-0.4, -0.2) is 10.9 Å². The van der Waals surface area contributed by atoms with E-state index in [2.05, 4.69) is 31.1 Å². The van der Waals surface area contributed by atoms with Crippen molar-refractivity contribution in [3.05, 3.63) is 69.6 Å². The molecule has 0 atom stereocenters. The molecule has 0 saturated carbocycles. The van der Waals surface area contributed by atoms with E-state index in [4.69, 9.17) is 11.6 Å². The van der Waals surface area contributed by atoms with Crippen LogP contribution >= 0.6 is 22.9 Å². The first kappa shape index (κ1) is 19.5. The molecule has 1 amide bonds. The third-order valence-corrected chi connectivity index (χ3v) is 5.10. The fourth-order valence-electron chi connectivity index (χ4n) is 2.47. The predicted molar refractivity (Wildman–Crippen MR) is 106 cm³/mol. The van der Waals surface area contributed by atoms with Crippen molar-refractivity contribution in [3.8, 4) is 11.3 Å².